The number of carboxylic acid groups (broad SMARTS) is 1. The molecule has 3 N–H and O–H groups in total. The monoisotopic (exact) mass is 352 g/mol. The third-order valence-electron chi connectivity index (χ3n) is 3.99. The van der Waals surface area contributed by atoms with Crippen molar-refractivity contribution in [2.45, 2.75) is 6.92 Å². The zero-order chi connectivity index (χ0) is 18.8. The fourth-order valence-corrected chi connectivity index (χ4v) is 2.67. The summed E-state index contributed by atoms with van der Waals surface area (Å²) < 4.78 is 5.09. The van der Waals surface area contributed by atoms with Crippen LogP contribution in [0.2, 0.25) is 0 Å². The van der Waals surface area contributed by atoms with Crippen molar-refractivity contribution in [1.29, 1.82) is 0 Å². The summed E-state index contributed by atoms with van der Waals surface area (Å²) in [6, 6.07) is 11.2. The number of nitrogens with zero attached hydrogens (tertiary/aromatic N) is 1. The molecule has 0 fully saturated rings. The summed E-state index contributed by atoms with van der Waals surface area (Å²) in [6.07, 6.45) is 0. The number of hydrogen-bond donors (Lipinski definition) is 3. The average molecular weight is 352 g/mol. The number of aromatic carboxylic acids is 1. The molecule has 3 rings (SSSR count). The smallest absolute Gasteiger partial charge is 0.345 e. The van der Waals surface area contributed by atoms with Crippen LogP contribution >= 0.6 is 0 Å². The summed E-state index contributed by atoms with van der Waals surface area (Å²) in [7, 11) is 1.44. The van der Waals surface area contributed by atoms with E-state index in [9.17, 15) is 14.7 Å². The molecular formula is C19H16N2O5. The SMILES string of the molecule is COc1cc(-c2cc(-c3ccc(C(=O)O)c(C)c3)nc(=O)[nH]2)ccc1O. The van der Waals surface area contributed by atoms with Gasteiger partial charge in [-0.15, -0.1) is 0 Å². The molecule has 0 unspecified atom stereocenters. The van der Waals surface area contributed by atoms with Crippen LogP contribution in [0.3, 0.4) is 0 Å². The van der Waals surface area contributed by atoms with E-state index in [1.54, 1.807) is 37.3 Å². The summed E-state index contributed by atoms with van der Waals surface area (Å²) in [6.45, 7) is 1.69. The van der Waals surface area contributed by atoms with Gasteiger partial charge >= 0.3 is 11.7 Å². The molecule has 0 bridgehead atoms. The Kier molecular flexibility index (Phi) is 4.45. The largest absolute Gasteiger partial charge is 0.504 e. The Morgan fingerprint density at radius 2 is 1.85 bits per heavy atom. The zero-order valence-electron chi connectivity index (χ0n) is 14.1. The van der Waals surface area contributed by atoms with E-state index in [-0.39, 0.29) is 17.1 Å². The molecule has 7 nitrogen and oxygen atoms in total. The number of hydrogen-bond acceptors (Lipinski definition) is 5. The molecular weight excluding hydrogens is 336 g/mol. The summed E-state index contributed by atoms with van der Waals surface area (Å²) in [4.78, 5) is 29.8. The fourth-order valence-electron chi connectivity index (χ4n) is 2.67. The van der Waals surface area contributed by atoms with Crippen LogP contribution in [0.25, 0.3) is 22.5 Å². The van der Waals surface area contributed by atoms with E-state index < -0.39 is 11.7 Å². The Bertz CT molecular complexity index is 1060. The number of aryl methyl sites for hydroxylation is 1. The van der Waals surface area contributed by atoms with Gasteiger partial charge in [0.05, 0.1) is 24.1 Å². The molecule has 0 saturated heterocycles. The minimum absolute atomic E-state index is 0.00670. The molecule has 0 aliphatic rings. The highest BCUT2D eigenvalue weighted by atomic mass is 16.5. The highest BCUT2D eigenvalue weighted by Crippen LogP contribution is 2.31. The first-order chi connectivity index (χ1) is 12.4. The van der Waals surface area contributed by atoms with Crippen molar-refractivity contribution in [3.8, 4) is 34.0 Å². The van der Waals surface area contributed by atoms with Crippen LogP contribution < -0.4 is 10.4 Å². The minimum atomic E-state index is -1.01. The summed E-state index contributed by atoms with van der Waals surface area (Å²) in [5.41, 5.74) is 2.41. The third-order valence-corrected chi connectivity index (χ3v) is 3.99. The van der Waals surface area contributed by atoms with Gasteiger partial charge in [-0.05, 0) is 48.9 Å². The molecule has 0 aliphatic heterocycles. The molecule has 7 heteroatoms. The number of rotatable bonds is 4. The zero-order valence-corrected chi connectivity index (χ0v) is 14.1. The number of phenolic OH excluding ortho intramolecular Hbond substituents is 1. The van der Waals surface area contributed by atoms with Gasteiger partial charge in [0.25, 0.3) is 0 Å². The van der Waals surface area contributed by atoms with Gasteiger partial charge in [-0.1, -0.05) is 6.07 Å². The van der Waals surface area contributed by atoms with Crippen molar-refractivity contribution in [3.05, 3.63) is 64.1 Å². The van der Waals surface area contributed by atoms with E-state index in [2.05, 4.69) is 9.97 Å². The van der Waals surface area contributed by atoms with Gasteiger partial charge in [-0.3, -0.25) is 0 Å². The molecule has 3 aromatic rings. The number of aromatic amines is 1. The number of methoxy groups -OCH3 is 1. The summed E-state index contributed by atoms with van der Waals surface area (Å²) >= 11 is 0. The van der Waals surface area contributed by atoms with Crippen LogP contribution in [0.4, 0.5) is 0 Å². The number of benzene rings is 2. The molecule has 0 radical (unpaired) electrons. The highest BCUT2D eigenvalue weighted by Gasteiger charge is 2.12. The highest BCUT2D eigenvalue weighted by molar-refractivity contribution is 5.90. The molecule has 1 aromatic heterocycles. The van der Waals surface area contributed by atoms with Gasteiger partial charge in [0, 0.05) is 11.1 Å². The Morgan fingerprint density at radius 1 is 1.12 bits per heavy atom. The predicted octanol–water partition coefficient (Wildman–Crippen LogP) is 2.82. The standard InChI is InChI=1S/C19H16N2O5/c1-10-7-11(3-5-13(10)18(23)24)14-9-15(21-19(25)20-14)12-4-6-16(22)17(8-12)26-2/h3-9,22H,1-2H3,(H,23,24)(H,20,21,25). The molecule has 26 heavy (non-hydrogen) atoms. The lowest BCUT2D eigenvalue weighted by atomic mass is 10.0. The molecule has 0 amide bonds. The second-order valence-corrected chi connectivity index (χ2v) is 5.71. The number of H-pyrrole nitrogens is 1. The summed E-state index contributed by atoms with van der Waals surface area (Å²) in [5, 5.41) is 18.8. The minimum Gasteiger partial charge on any atom is -0.504 e. The first kappa shape index (κ1) is 17.2. The first-order valence-corrected chi connectivity index (χ1v) is 7.72. The van der Waals surface area contributed by atoms with Crippen molar-refractivity contribution < 1.29 is 19.7 Å². The van der Waals surface area contributed by atoms with Crippen LogP contribution in [0.15, 0.2) is 47.3 Å². The molecule has 0 aliphatic carbocycles. The Balaban J connectivity index is 2.10. The Labute approximate surface area is 148 Å². The maximum atomic E-state index is 12.0. The number of ether oxygens (including phenoxy) is 1. The number of aromatic nitrogens is 2. The van der Waals surface area contributed by atoms with Crippen molar-refractivity contribution in [1.82, 2.24) is 9.97 Å². The summed E-state index contributed by atoms with van der Waals surface area (Å²) in [5.74, 6) is -0.735. The molecule has 0 atom stereocenters. The molecule has 0 saturated carbocycles. The Hall–Kier alpha value is -3.61. The van der Waals surface area contributed by atoms with Crippen molar-refractivity contribution in [3.63, 3.8) is 0 Å². The average Bonchev–Trinajstić information content (AvgIpc) is 2.61. The molecule has 1 heterocycles. The number of carbonyl (C=O) groups is 1. The lowest BCUT2D eigenvalue weighted by molar-refractivity contribution is 0.0696. The molecule has 0 spiro atoms. The number of phenols is 1. The van der Waals surface area contributed by atoms with E-state index >= 15 is 0 Å². The van der Waals surface area contributed by atoms with E-state index in [0.29, 0.717) is 28.1 Å². The quantitative estimate of drug-likeness (QED) is 0.665. The van der Waals surface area contributed by atoms with E-state index in [1.165, 1.54) is 19.2 Å². The van der Waals surface area contributed by atoms with Gasteiger partial charge in [0.1, 0.15) is 0 Å². The predicted molar refractivity (Wildman–Crippen MR) is 95.6 cm³/mol. The van der Waals surface area contributed by atoms with E-state index in [0.717, 1.165) is 0 Å². The van der Waals surface area contributed by atoms with Crippen LogP contribution in [0, 0.1) is 6.92 Å². The van der Waals surface area contributed by atoms with Crippen molar-refractivity contribution in [2.75, 3.05) is 7.11 Å². The van der Waals surface area contributed by atoms with Crippen LogP contribution in [-0.2, 0) is 0 Å². The van der Waals surface area contributed by atoms with Crippen LogP contribution in [-0.4, -0.2) is 33.3 Å². The second-order valence-electron chi connectivity index (χ2n) is 5.71. The second kappa shape index (κ2) is 6.72. The van der Waals surface area contributed by atoms with Gasteiger partial charge in [-0.25, -0.2) is 9.59 Å². The number of carboxylic acids is 1. The van der Waals surface area contributed by atoms with E-state index in [1.807, 2.05) is 0 Å². The van der Waals surface area contributed by atoms with Crippen molar-refractivity contribution >= 4 is 5.97 Å². The molecule has 2 aromatic carbocycles. The normalized spacial score (nSPS) is 10.5. The fraction of sp³-hybridized carbons (Fsp3) is 0.105. The Morgan fingerprint density at radius 3 is 2.50 bits per heavy atom. The van der Waals surface area contributed by atoms with Gasteiger partial charge in [0.15, 0.2) is 11.5 Å². The maximum absolute atomic E-state index is 12.0. The van der Waals surface area contributed by atoms with Gasteiger partial charge < -0.3 is 19.9 Å². The van der Waals surface area contributed by atoms with Gasteiger partial charge in [-0.2, -0.15) is 4.98 Å². The topological polar surface area (TPSA) is 113 Å². The number of nitrogens with one attached hydrogen (secondary N) is 1. The maximum Gasteiger partial charge on any atom is 0.345 e. The first-order valence-electron chi connectivity index (χ1n) is 7.72. The van der Waals surface area contributed by atoms with Gasteiger partial charge in [0.2, 0.25) is 0 Å². The molecule has 132 valence electrons. The number of aromatic hydroxyl groups is 1. The van der Waals surface area contributed by atoms with Crippen LogP contribution in [0.1, 0.15) is 15.9 Å². The van der Waals surface area contributed by atoms with Crippen molar-refractivity contribution in [2.24, 2.45) is 0 Å². The third kappa shape index (κ3) is 3.27. The lowest BCUT2D eigenvalue weighted by Gasteiger charge is -2.09. The van der Waals surface area contributed by atoms with E-state index in [4.69, 9.17) is 9.84 Å². The van der Waals surface area contributed by atoms with Crippen LogP contribution in [0.5, 0.6) is 11.5 Å². The lowest BCUT2D eigenvalue weighted by Crippen LogP contribution is -2.12.